The molecule has 0 fully saturated rings. The van der Waals surface area contributed by atoms with Crippen LogP contribution < -0.4 is 10.5 Å². The lowest BCUT2D eigenvalue weighted by Gasteiger charge is -2.10. The number of sulfonamides is 1. The average molecular weight is 371 g/mol. The fourth-order valence-electron chi connectivity index (χ4n) is 2.84. The SMILES string of the molecule is CC(C)n1ccc2cc(C(=O)NCc3ccc(S(N)(=O)=O)cc3)ccc21. The molecule has 0 spiro atoms. The number of nitrogens with zero attached hydrogens (tertiary/aromatic N) is 1. The zero-order valence-electron chi connectivity index (χ0n) is 14.6. The van der Waals surface area contributed by atoms with Crippen LogP contribution in [-0.2, 0) is 16.6 Å². The van der Waals surface area contributed by atoms with Gasteiger partial charge in [-0.05, 0) is 55.8 Å². The second-order valence-electron chi connectivity index (χ2n) is 6.46. The molecule has 0 bridgehead atoms. The second kappa shape index (κ2) is 6.93. The molecule has 0 aliphatic rings. The molecule has 7 heteroatoms. The summed E-state index contributed by atoms with van der Waals surface area (Å²) in [6.07, 6.45) is 2.02. The van der Waals surface area contributed by atoms with E-state index in [9.17, 15) is 13.2 Å². The number of nitrogens with one attached hydrogen (secondary N) is 1. The van der Waals surface area contributed by atoms with E-state index in [0.717, 1.165) is 16.5 Å². The average Bonchev–Trinajstić information content (AvgIpc) is 3.02. The molecule has 1 heterocycles. The van der Waals surface area contributed by atoms with E-state index in [0.29, 0.717) is 18.2 Å². The summed E-state index contributed by atoms with van der Waals surface area (Å²) >= 11 is 0. The van der Waals surface area contributed by atoms with Gasteiger partial charge in [0.05, 0.1) is 4.90 Å². The van der Waals surface area contributed by atoms with E-state index in [1.807, 2.05) is 24.4 Å². The van der Waals surface area contributed by atoms with E-state index in [4.69, 9.17) is 5.14 Å². The molecule has 0 aliphatic heterocycles. The minimum absolute atomic E-state index is 0.0488. The number of rotatable bonds is 5. The van der Waals surface area contributed by atoms with Crippen molar-refractivity contribution in [3.63, 3.8) is 0 Å². The highest BCUT2D eigenvalue weighted by Gasteiger charge is 2.10. The first kappa shape index (κ1) is 18.2. The molecule has 3 aromatic rings. The van der Waals surface area contributed by atoms with Crippen LogP contribution in [0.3, 0.4) is 0 Å². The summed E-state index contributed by atoms with van der Waals surface area (Å²) in [6, 6.07) is 14.1. The first-order chi connectivity index (χ1) is 12.3. The summed E-state index contributed by atoms with van der Waals surface area (Å²) in [7, 11) is -3.71. The van der Waals surface area contributed by atoms with Crippen LogP contribution in [0.15, 0.2) is 59.6 Å². The topological polar surface area (TPSA) is 94.2 Å². The van der Waals surface area contributed by atoms with Crippen LogP contribution in [0.4, 0.5) is 0 Å². The molecule has 0 saturated carbocycles. The molecule has 136 valence electrons. The minimum Gasteiger partial charge on any atom is -0.348 e. The Labute approximate surface area is 152 Å². The van der Waals surface area contributed by atoms with Gasteiger partial charge in [0, 0.05) is 35.2 Å². The zero-order chi connectivity index (χ0) is 18.9. The van der Waals surface area contributed by atoms with Crippen LogP contribution in [0.5, 0.6) is 0 Å². The normalized spacial score (nSPS) is 11.8. The molecule has 0 aliphatic carbocycles. The minimum atomic E-state index is -3.71. The summed E-state index contributed by atoms with van der Waals surface area (Å²) in [6.45, 7) is 4.53. The Morgan fingerprint density at radius 2 is 1.81 bits per heavy atom. The number of benzene rings is 2. The van der Waals surface area contributed by atoms with Gasteiger partial charge in [-0.25, -0.2) is 13.6 Å². The third kappa shape index (κ3) is 3.79. The Balaban J connectivity index is 1.71. The highest BCUT2D eigenvalue weighted by molar-refractivity contribution is 7.89. The summed E-state index contributed by atoms with van der Waals surface area (Å²) in [4.78, 5) is 12.4. The molecule has 0 unspecified atom stereocenters. The molecule has 3 N–H and O–H groups in total. The molecule has 1 aromatic heterocycles. The van der Waals surface area contributed by atoms with E-state index < -0.39 is 10.0 Å². The van der Waals surface area contributed by atoms with Gasteiger partial charge in [0.1, 0.15) is 0 Å². The van der Waals surface area contributed by atoms with Crippen molar-refractivity contribution >= 4 is 26.8 Å². The predicted octanol–water partition coefficient (Wildman–Crippen LogP) is 2.80. The van der Waals surface area contributed by atoms with Crippen molar-refractivity contribution in [3.05, 3.63) is 65.9 Å². The van der Waals surface area contributed by atoms with Crippen molar-refractivity contribution in [2.24, 2.45) is 5.14 Å². The predicted molar refractivity (Wildman–Crippen MR) is 101 cm³/mol. The van der Waals surface area contributed by atoms with Crippen LogP contribution in [-0.4, -0.2) is 18.9 Å². The number of nitrogens with two attached hydrogens (primary N) is 1. The standard InChI is InChI=1S/C19H21N3O3S/c1-13(2)22-10-9-15-11-16(5-8-18(15)22)19(23)21-12-14-3-6-17(7-4-14)26(20,24)25/h3-11,13H,12H2,1-2H3,(H,21,23)(H2,20,24,25). The number of carbonyl (C=O) groups is 1. The van der Waals surface area contributed by atoms with E-state index in [-0.39, 0.29) is 10.8 Å². The van der Waals surface area contributed by atoms with Crippen molar-refractivity contribution in [2.75, 3.05) is 0 Å². The molecule has 26 heavy (non-hydrogen) atoms. The third-order valence-electron chi connectivity index (χ3n) is 4.24. The van der Waals surface area contributed by atoms with Crippen LogP contribution in [0.2, 0.25) is 0 Å². The van der Waals surface area contributed by atoms with E-state index in [1.165, 1.54) is 12.1 Å². The van der Waals surface area contributed by atoms with E-state index in [2.05, 4.69) is 23.7 Å². The van der Waals surface area contributed by atoms with Gasteiger partial charge in [-0.1, -0.05) is 12.1 Å². The summed E-state index contributed by atoms with van der Waals surface area (Å²) < 4.78 is 24.7. The smallest absolute Gasteiger partial charge is 0.251 e. The number of aromatic nitrogens is 1. The van der Waals surface area contributed by atoms with Crippen LogP contribution in [0.25, 0.3) is 10.9 Å². The van der Waals surface area contributed by atoms with Crippen LogP contribution >= 0.6 is 0 Å². The molecular formula is C19H21N3O3S. The number of hydrogen-bond donors (Lipinski definition) is 2. The third-order valence-corrected chi connectivity index (χ3v) is 5.17. The van der Waals surface area contributed by atoms with Crippen LogP contribution in [0, 0.1) is 0 Å². The quantitative estimate of drug-likeness (QED) is 0.722. The van der Waals surface area contributed by atoms with Gasteiger partial charge in [0.25, 0.3) is 5.91 Å². The second-order valence-corrected chi connectivity index (χ2v) is 8.02. The van der Waals surface area contributed by atoms with E-state index >= 15 is 0 Å². The Hall–Kier alpha value is -2.64. The van der Waals surface area contributed by atoms with Gasteiger partial charge in [-0.3, -0.25) is 4.79 Å². The first-order valence-electron chi connectivity index (χ1n) is 8.26. The lowest BCUT2D eigenvalue weighted by molar-refractivity contribution is 0.0951. The monoisotopic (exact) mass is 371 g/mol. The lowest BCUT2D eigenvalue weighted by atomic mass is 10.1. The van der Waals surface area contributed by atoms with Crippen molar-refractivity contribution < 1.29 is 13.2 Å². The number of hydrogen-bond acceptors (Lipinski definition) is 3. The molecule has 0 atom stereocenters. The molecular weight excluding hydrogens is 350 g/mol. The maximum absolute atomic E-state index is 12.4. The van der Waals surface area contributed by atoms with Gasteiger partial charge >= 0.3 is 0 Å². The molecule has 3 rings (SSSR count). The maximum atomic E-state index is 12.4. The first-order valence-corrected chi connectivity index (χ1v) is 9.81. The Morgan fingerprint density at radius 1 is 1.12 bits per heavy atom. The fourth-order valence-corrected chi connectivity index (χ4v) is 3.35. The van der Waals surface area contributed by atoms with Gasteiger partial charge in [-0.2, -0.15) is 0 Å². The van der Waals surface area contributed by atoms with E-state index in [1.54, 1.807) is 18.2 Å². The fraction of sp³-hybridized carbons (Fsp3) is 0.211. The molecule has 2 aromatic carbocycles. The maximum Gasteiger partial charge on any atom is 0.251 e. The Kier molecular flexibility index (Phi) is 4.84. The molecule has 6 nitrogen and oxygen atoms in total. The summed E-state index contributed by atoms with van der Waals surface area (Å²) in [5, 5.41) is 8.93. The zero-order valence-corrected chi connectivity index (χ0v) is 15.5. The van der Waals surface area contributed by atoms with Crippen molar-refractivity contribution in [1.82, 2.24) is 9.88 Å². The molecule has 1 amide bonds. The number of fused-ring (bicyclic) bond motifs is 1. The van der Waals surface area contributed by atoms with Gasteiger partial charge in [0.2, 0.25) is 10.0 Å². The van der Waals surface area contributed by atoms with Crippen molar-refractivity contribution in [1.29, 1.82) is 0 Å². The van der Waals surface area contributed by atoms with Gasteiger partial charge in [0.15, 0.2) is 0 Å². The highest BCUT2D eigenvalue weighted by Crippen LogP contribution is 2.21. The highest BCUT2D eigenvalue weighted by atomic mass is 32.2. The van der Waals surface area contributed by atoms with Crippen LogP contribution in [0.1, 0.15) is 35.8 Å². The number of amides is 1. The summed E-state index contributed by atoms with van der Waals surface area (Å²) in [5.74, 6) is -0.181. The van der Waals surface area contributed by atoms with Gasteiger partial charge < -0.3 is 9.88 Å². The Morgan fingerprint density at radius 3 is 2.42 bits per heavy atom. The Bertz CT molecular complexity index is 1050. The van der Waals surface area contributed by atoms with Gasteiger partial charge in [-0.15, -0.1) is 0 Å². The number of primary sulfonamides is 1. The number of carbonyl (C=O) groups excluding carboxylic acids is 1. The summed E-state index contributed by atoms with van der Waals surface area (Å²) in [5.41, 5.74) is 2.47. The molecule has 0 saturated heterocycles. The lowest BCUT2D eigenvalue weighted by Crippen LogP contribution is -2.22. The van der Waals surface area contributed by atoms with Crippen molar-refractivity contribution in [3.8, 4) is 0 Å². The molecule has 0 radical (unpaired) electrons. The largest absolute Gasteiger partial charge is 0.348 e. The van der Waals surface area contributed by atoms with Crippen molar-refractivity contribution in [2.45, 2.75) is 31.3 Å².